The first kappa shape index (κ1) is 15.5. The molecule has 2 aromatic rings. The number of rotatable bonds is 5. The lowest BCUT2D eigenvalue weighted by Crippen LogP contribution is -2.37. The molecule has 0 radical (unpaired) electrons. The van der Waals surface area contributed by atoms with Gasteiger partial charge in [-0.3, -0.25) is 4.79 Å². The van der Waals surface area contributed by atoms with Crippen molar-refractivity contribution in [3.63, 3.8) is 0 Å². The van der Waals surface area contributed by atoms with Gasteiger partial charge in [0.15, 0.2) is 5.13 Å². The van der Waals surface area contributed by atoms with E-state index in [1.807, 2.05) is 23.7 Å². The summed E-state index contributed by atoms with van der Waals surface area (Å²) < 4.78 is 1.06. The maximum atomic E-state index is 12.1. The Morgan fingerprint density at radius 1 is 1.41 bits per heavy atom. The van der Waals surface area contributed by atoms with Crippen molar-refractivity contribution in [2.75, 3.05) is 18.0 Å². The first-order valence-corrected chi connectivity index (χ1v) is 9.06. The molecular weight excluding hydrogens is 362 g/mol. The van der Waals surface area contributed by atoms with E-state index in [9.17, 15) is 4.79 Å². The lowest BCUT2D eigenvalue weighted by molar-refractivity contribution is -0.121. The summed E-state index contributed by atoms with van der Waals surface area (Å²) in [5.41, 5.74) is 1.19. The third-order valence-corrected chi connectivity index (χ3v) is 5.16. The summed E-state index contributed by atoms with van der Waals surface area (Å²) in [5, 5.41) is 6.17. The van der Waals surface area contributed by atoms with Gasteiger partial charge in [0, 0.05) is 41.6 Å². The fourth-order valence-corrected chi connectivity index (χ4v) is 3.58. The third kappa shape index (κ3) is 4.08. The van der Waals surface area contributed by atoms with Crippen molar-refractivity contribution < 1.29 is 4.79 Å². The molecule has 3 rings (SSSR count). The second-order valence-electron chi connectivity index (χ2n) is 5.44. The highest BCUT2D eigenvalue weighted by molar-refractivity contribution is 9.10. The van der Waals surface area contributed by atoms with Gasteiger partial charge in [-0.25, -0.2) is 4.98 Å². The van der Waals surface area contributed by atoms with Crippen LogP contribution in [0.1, 0.15) is 18.4 Å². The van der Waals surface area contributed by atoms with Crippen LogP contribution in [0.15, 0.2) is 40.3 Å². The monoisotopic (exact) mass is 379 g/mol. The Kier molecular flexibility index (Phi) is 5.10. The van der Waals surface area contributed by atoms with E-state index in [1.165, 1.54) is 5.56 Å². The molecule has 0 bridgehead atoms. The lowest BCUT2D eigenvalue weighted by Gasteiger charge is -2.15. The fraction of sp³-hybridized carbons (Fsp3) is 0.375. The molecule has 1 unspecified atom stereocenters. The second kappa shape index (κ2) is 7.24. The van der Waals surface area contributed by atoms with Crippen LogP contribution in [0.25, 0.3) is 0 Å². The minimum absolute atomic E-state index is 0.133. The molecule has 1 fully saturated rings. The van der Waals surface area contributed by atoms with E-state index in [0.717, 1.165) is 35.5 Å². The molecular formula is C16H18BrN3OS. The van der Waals surface area contributed by atoms with E-state index >= 15 is 0 Å². The fourth-order valence-electron chi connectivity index (χ4n) is 2.63. The maximum Gasteiger partial charge on any atom is 0.220 e. The van der Waals surface area contributed by atoms with Crippen LogP contribution in [-0.4, -0.2) is 30.0 Å². The summed E-state index contributed by atoms with van der Waals surface area (Å²) in [6.07, 6.45) is 4.13. The molecule has 116 valence electrons. The highest BCUT2D eigenvalue weighted by atomic mass is 79.9. The van der Waals surface area contributed by atoms with Crippen LogP contribution in [-0.2, 0) is 11.2 Å². The van der Waals surface area contributed by atoms with Gasteiger partial charge < -0.3 is 10.2 Å². The van der Waals surface area contributed by atoms with Crippen molar-refractivity contribution in [3.8, 4) is 0 Å². The predicted octanol–water partition coefficient (Wildman–Crippen LogP) is 3.23. The lowest BCUT2D eigenvalue weighted by atomic mass is 10.1. The molecule has 4 nitrogen and oxygen atoms in total. The first-order chi connectivity index (χ1) is 10.7. The van der Waals surface area contributed by atoms with Crippen molar-refractivity contribution in [1.82, 2.24) is 10.3 Å². The quantitative estimate of drug-likeness (QED) is 0.866. The number of anilines is 1. The van der Waals surface area contributed by atoms with Crippen molar-refractivity contribution in [2.24, 2.45) is 0 Å². The Bertz CT molecular complexity index is 615. The number of benzene rings is 1. The summed E-state index contributed by atoms with van der Waals surface area (Å²) >= 11 is 5.07. The van der Waals surface area contributed by atoms with Crippen molar-refractivity contribution >= 4 is 38.3 Å². The number of carbonyl (C=O) groups is 1. The molecule has 0 spiro atoms. The largest absolute Gasteiger partial charge is 0.352 e. The second-order valence-corrected chi connectivity index (χ2v) is 7.23. The highest BCUT2D eigenvalue weighted by Crippen LogP contribution is 2.22. The van der Waals surface area contributed by atoms with E-state index in [0.29, 0.717) is 6.42 Å². The van der Waals surface area contributed by atoms with Gasteiger partial charge in [-0.2, -0.15) is 0 Å². The van der Waals surface area contributed by atoms with Crippen LogP contribution >= 0.6 is 27.3 Å². The molecule has 0 saturated carbocycles. The minimum atomic E-state index is 0.133. The Morgan fingerprint density at radius 3 is 2.95 bits per heavy atom. The average molecular weight is 380 g/mol. The van der Waals surface area contributed by atoms with Gasteiger partial charge in [0.1, 0.15) is 0 Å². The Hall–Kier alpha value is -1.40. The number of nitrogens with one attached hydrogen (secondary N) is 1. The summed E-state index contributed by atoms with van der Waals surface area (Å²) in [4.78, 5) is 18.6. The normalized spacial score (nSPS) is 17.7. The van der Waals surface area contributed by atoms with Gasteiger partial charge in [0.25, 0.3) is 0 Å². The molecule has 6 heteroatoms. The molecule has 1 N–H and O–H groups in total. The van der Waals surface area contributed by atoms with E-state index in [1.54, 1.807) is 11.3 Å². The summed E-state index contributed by atoms with van der Waals surface area (Å²) in [5.74, 6) is 0.133. The summed E-state index contributed by atoms with van der Waals surface area (Å²) in [6.45, 7) is 1.82. The van der Waals surface area contributed by atoms with Gasteiger partial charge in [0.2, 0.25) is 5.91 Å². The van der Waals surface area contributed by atoms with Crippen molar-refractivity contribution in [2.45, 2.75) is 25.3 Å². The summed E-state index contributed by atoms with van der Waals surface area (Å²) in [7, 11) is 0. The van der Waals surface area contributed by atoms with E-state index < -0.39 is 0 Å². The Labute approximate surface area is 142 Å². The number of amides is 1. The van der Waals surface area contributed by atoms with Gasteiger partial charge >= 0.3 is 0 Å². The van der Waals surface area contributed by atoms with E-state index in [-0.39, 0.29) is 11.9 Å². The average Bonchev–Trinajstić information content (AvgIpc) is 3.17. The number of hydrogen-bond donors (Lipinski definition) is 1. The number of thiazole rings is 1. The molecule has 1 aliphatic rings. The molecule has 22 heavy (non-hydrogen) atoms. The van der Waals surface area contributed by atoms with Crippen LogP contribution in [0.4, 0.5) is 5.13 Å². The number of aryl methyl sites for hydroxylation is 1. The molecule has 1 aromatic carbocycles. The molecule has 0 aliphatic carbocycles. The Morgan fingerprint density at radius 2 is 2.23 bits per heavy atom. The minimum Gasteiger partial charge on any atom is -0.352 e. The topological polar surface area (TPSA) is 45.2 Å². The Balaban J connectivity index is 1.43. The number of hydrogen-bond acceptors (Lipinski definition) is 4. The molecule has 1 saturated heterocycles. The maximum absolute atomic E-state index is 12.1. The molecule has 1 amide bonds. The number of nitrogens with zero attached hydrogens (tertiary/aromatic N) is 2. The first-order valence-electron chi connectivity index (χ1n) is 7.39. The van der Waals surface area contributed by atoms with Gasteiger partial charge in [0.05, 0.1) is 0 Å². The zero-order valence-corrected chi connectivity index (χ0v) is 14.6. The third-order valence-electron chi connectivity index (χ3n) is 3.80. The van der Waals surface area contributed by atoms with Gasteiger partial charge in [-0.15, -0.1) is 11.3 Å². The van der Waals surface area contributed by atoms with Crippen LogP contribution < -0.4 is 10.2 Å². The van der Waals surface area contributed by atoms with Crippen LogP contribution in [0.3, 0.4) is 0 Å². The predicted molar refractivity (Wildman–Crippen MR) is 93.3 cm³/mol. The van der Waals surface area contributed by atoms with Crippen molar-refractivity contribution in [1.29, 1.82) is 0 Å². The molecule has 1 aliphatic heterocycles. The SMILES string of the molecule is O=C(CCc1ccc(Br)cc1)NC1CCN(c2nccs2)C1. The van der Waals surface area contributed by atoms with Crippen LogP contribution in [0, 0.1) is 0 Å². The smallest absolute Gasteiger partial charge is 0.220 e. The van der Waals surface area contributed by atoms with Crippen LogP contribution in [0.5, 0.6) is 0 Å². The van der Waals surface area contributed by atoms with Gasteiger partial charge in [-0.05, 0) is 30.5 Å². The highest BCUT2D eigenvalue weighted by Gasteiger charge is 2.25. The number of carbonyl (C=O) groups excluding carboxylic acids is 1. The molecule has 2 heterocycles. The van der Waals surface area contributed by atoms with Gasteiger partial charge in [-0.1, -0.05) is 28.1 Å². The number of halogens is 1. The zero-order chi connectivity index (χ0) is 15.4. The summed E-state index contributed by atoms with van der Waals surface area (Å²) in [6, 6.07) is 8.36. The molecule has 1 aromatic heterocycles. The van der Waals surface area contributed by atoms with Crippen molar-refractivity contribution in [3.05, 3.63) is 45.9 Å². The zero-order valence-electron chi connectivity index (χ0n) is 12.2. The molecule has 1 atom stereocenters. The van der Waals surface area contributed by atoms with Crippen LogP contribution in [0.2, 0.25) is 0 Å². The standard InChI is InChI=1S/C16H18BrN3OS/c17-13-4-1-12(2-5-13)3-6-15(21)19-14-7-9-20(11-14)16-18-8-10-22-16/h1-2,4-5,8,10,14H,3,6-7,9,11H2,(H,19,21). The van der Waals surface area contributed by atoms with E-state index in [2.05, 4.69) is 43.3 Å². The number of aromatic nitrogens is 1. The van der Waals surface area contributed by atoms with E-state index in [4.69, 9.17) is 0 Å².